The maximum absolute atomic E-state index is 13.9. The SMILES string of the molecule is COC(=O)c1c(Cc2ccc(C(=O)NC3C4CC5CC3CC(OC(C)=O)(C5)C4)cc2)c(=O)c2ccc(Cl)cc2n1-c1ccccc1. The quantitative estimate of drug-likeness (QED) is 0.240. The number of nitrogens with zero attached hydrogens (tertiary/aromatic N) is 1. The van der Waals surface area contributed by atoms with Crippen molar-refractivity contribution in [2.45, 2.75) is 57.1 Å². The smallest absolute Gasteiger partial charge is 0.355 e. The Morgan fingerprint density at radius 1 is 0.957 bits per heavy atom. The number of halogens is 1. The molecule has 8 nitrogen and oxygen atoms in total. The van der Waals surface area contributed by atoms with Crippen LogP contribution in [0, 0.1) is 17.8 Å². The van der Waals surface area contributed by atoms with Crippen LogP contribution in [-0.4, -0.2) is 41.2 Å². The van der Waals surface area contributed by atoms with Gasteiger partial charge in [0.25, 0.3) is 5.91 Å². The molecule has 4 aliphatic carbocycles. The van der Waals surface area contributed by atoms with Gasteiger partial charge in [0.15, 0.2) is 5.43 Å². The largest absolute Gasteiger partial charge is 0.464 e. The number of hydrogen-bond acceptors (Lipinski definition) is 6. The van der Waals surface area contributed by atoms with Crippen LogP contribution in [0.2, 0.25) is 5.02 Å². The van der Waals surface area contributed by atoms with Crippen LogP contribution in [0.3, 0.4) is 0 Å². The number of ether oxygens (including phenoxy) is 2. The molecule has 0 radical (unpaired) electrons. The van der Waals surface area contributed by atoms with Gasteiger partial charge in [-0.15, -0.1) is 0 Å². The number of aromatic nitrogens is 1. The Hall–Kier alpha value is -4.43. The van der Waals surface area contributed by atoms with Crippen molar-refractivity contribution in [3.05, 3.63) is 110 Å². The van der Waals surface area contributed by atoms with Crippen LogP contribution in [-0.2, 0) is 20.7 Å². The summed E-state index contributed by atoms with van der Waals surface area (Å²) in [5, 5.41) is 4.17. The lowest BCUT2D eigenvalue weighted by atomic mass is 9.52. The molecule has 0 aliphatic heterocycles. The fourth-order valence-electron chi connectivity index (χ4n) is 8.56. The molecule has 3 aromatic carbocycles. The molecule has 2 unspecified atom stereocenters. The van der Waals surface area contributed by atoms with E-state index in [1.165, 1.54) is 14.0 Å². The Bertz CT molecular complexity index is 1900. The lowest BCUT2D eigenvalue weighted by Gasteiger charge is -2.59. The Labute approximate surface area is 271 Å². The zero-order valence-corrected chi connectivity index (χ0v) is 26.5. The highest BCUT2D eigenvalue weighted by atomic mass is 35.5. The standard InChI is InChI=1S/C37H35ClN2O6/c1-21(41)46-37-18-23-14-25(19-37)32(26(15-23)20-37)39-35(43)24-10-8-22(9-11-24)16-30-33(36(44)45-2)40(28-6-4-3-5-7-28)31-17-27(38)12-13-29(31)34(30)42/h3-13,17,23,25-26,32H,14-16,18-20H2,1-2H3,(H,39,43). The molecule has 0 saturated heterocycles. The van der Waals surface area contributed by atoms with E-state index >= 15 is 0 Å². The molecule has 0 spiro atoms. The van der Waals surface area contributed by atoms with Gasteiger partial charge in [-0.3, -0.25) is 14.4 Å². The molecule has 46 heavy (non-hydrogen) atoms. The van der Waals surface area contributed by atoms with Crippen molar-refractivity contribution < 1.29 is 23.9 Å². The number of carbonyl (C=O) groups is 3. The molecule has 4 saturated carbocycles. The van der Waals surface area contributed by atoms with E-state index in [4.69, 9.17) is 21.1 Å². The highest BCUT2D eigenvalue weighted by Gasteiger charge is 2.57. The van der Waals surface area contributed by atoms with Gasteiger partial charge in [0.2, 0.25) is 0 Å². The number of hydrogen-bond donors (Lipinski definition) is 1. The Kier molecular flexibility index (Phi) is 7.71. The van der Waals surface area contributed by atoms with Gasteiger partial charge in [0.1, 0.15) is 11.3 Å². The second-order valence-electron chi connectivity index (χ2n) is 13.1. The Morgan fingerprint density at radius 2 is 1.65 bits per heavy atom. The Morgan fingerprint density at radius 3 is 2.30 bits per heavy atom. The summed E-state index contributed by atoms with van der Waals surface area (Å²) in [6.07, 6.45) is 4.77. The molecule has 2 atom stereocenters. The first-order valence-electron chi connectivity index (χ1n) is 15.7. The average Bonchev–Trinajstić information content (AvgIpc) is 3.03. The third kappa shape index (κ3) is 5.38. The lowest BCUT2D eigenvalue weighted by molar-refractivity contribution is -0.188. The first-order valence-corrected chi connectivity index (χ1v) is 16.1. The van der Waals surface area contributed by atoms with Crippen molar-refractivity contribution in [1.29, 1.82) is 0 Å². The number of esters is 2. The predicted molar refractivity (Wildman–Crippen MR) is 174 cm³/mol. The van der Waals surface area contributed by atoms with E-state index in [-0.39, 0.29) is 46.6 Å². The lowest BCUT2D eigenvalue weighted by Crippen LogP contribution is -2.62. The van der Waals surface area contributed by atoms with Crippen LogP contribution in [0.1, 0.15) is 71.0 Å². The summed E-state index contributed by atoms with van der Waals surface area (Å²) in [6.45, 7) is 1.48. The maximum atomic E-state index is 13.9. The molecule has 236 valence electrons. The van der Waals surface area contributed by atoms with E-state index in [2.05, 4.69) is 5.32 Å². The maximum Gasteiger partial charge on any atom is 0.355 e. The number of methoxy groups -OCH3 is 1. The van der Waals surface area contributed by atoms with Crippen molar-refractivity contribution in [1.82, 2.24) is 9.88 Å². The number of rotatable bonds is 7. The van der Waals surface area contributed by atoms with E-state index < -0.39 is 5.97 Å². The number of carbonyl (C=O) groups excluding carboxylic acids is 3. The summed E-state index contributed by atoms with van der Waals surface area (Å²) in [5.41, 5.74) is 2.24. The van der Waals surface area contributed by atoms with E-state index in [0.29, 0.717) is 44.9 Å². The second-order valence-corrected chi connectivity index (χ2v) is 13.5. The van der Waals surface area contributed by atoms with Gasteiger partial charge in [-0.05, 0) is 97.9 Å². The third-order valence-electron chi connectivity index (χ3n) is 10.1. The summed E-state index contributed by atoms with van der Waals surface area (Å²) in [4.78, 5) is 52.5. The van der Waals surface area contributed by atoms with Crippen LogP contribution in [0.4, 0.5) is 0 Å². The van der Waals surface area contributed by atoms with Gasteiger partial charge >= 0.3 is 11.9 Å². The summed E-state index contributed by atoms with van der Waals surface area (Å²) >= 11 is 6.35. The number of fused-ring (bicyclic) bond motifs is 1. The fraction of sp³-hybridized carbons (Fsp3) is 0.351. The number of benzene rings is 3. The number of nitrogens with one attached hydrogen (secondary N) is 1. The molecule has 1 heterocycles. The first-order chi connectivity index (χ1) is 22.1. The molecule has 4 fully saturated rings. The molecule has 8 rings (SSSR count). The molecule has 1 aromatic heterocycles. The van der Waals surface area contributed by atoms with Crippen LogP contribution in [0.5, 0.6) is 0 Å². The van der Waals surface area contributed by atoms with E-state index in [1.807, 2.05) is 42.5 Å². The fourth-order valence-corrected chi connectivity index (χ4v) is 8.72. The first kappa shape index (κ1) is 30.2. The monoisotopic (exact) mass is 638 g/mol. The van der Waals surface area contributed by atoms with Crippen LogP contribution >= 0.6 is 11.6 Å². The summed E-state index contributed by atoms with van der Waals surface area (Å²) < 4.78 is 12.8. The van der Waals surface area contributed by atoms with E-state index in [1.54, 1.807) is 34.9 Å². The third-order valence-corrected chi connectivity index (χ3v) is 10.3. The van der Waals surface area contributed by atoms with Crippen LogP contribution in [0.25, 0.3) is 16.6 Å². The summed E-state index contributed by atoms with van der Waals surface area (Å²) in [6, 6.07) is 21.5. The van der Waals surface area contributed by atoms with E-state index in [9.17, 15) is 19.2 Å². The number of amides is 1. The van der Waals surface area contributed by atoms with Gasteiger partial charge < -0.3 is 19.4 Å². The topological polar surface area (TPSA) is 104 Å². The highest BCUT2D eigenvalue weighted by Crippen LogP contribution is 2.57. The van der Waals surface area contributed by atoms with Crippen molar-refractivity contribution in [2.24, 2.45) is 17.8 Å². The van der Waals surface area contributed by atoms with Crippen molar-refractivity contribution in [2.75, 3.05) is 7.11 Å². The molecular formula is C37H35ClN2O6. The molecule has 1 N–H and O–H groups in total. The van der Waals surface area contributed by atoms with Gasteiger partial charge in [0, 0.05) is 46.6 Å². The number of pyridine rings is 1. The zero-order chi connectivity index (χ0) is 32.2. The minimum absolute atomic E-state index is 0.0533. The minimum atomic E-state index is -0.639. The Balaban J connectivity index is 1.17. The predicted octanol–water partition coefficient (Wildman–Crippen LogP) is 6.26. The highest BCUT2D eigenvalue weighted by molar-refractivity contribution is 6.31. The van der Waals surface area contributed by atoms with Gasteiger partial charge in [0.05, 0.1) is 12.6 Å². The van der Waals surface area contributed by atoms with Crippen LogP contribution in [0.15, 0.2) is 77.6 Å². The molecule has 9 heteroatoms. The average molecular weight is 639 g/mol. The van der Waals surface area contributed by atoms with Gasteiger partial charge in [-0.25, -0.2) is 4.79 Å². The van der Waals surface area contributed by atoms with Crippen molar-refractivity contribution >= 4 is 40.3 Å². The zero-order valence-electron chi connectivity index (χ0n) is 25.8. The minimum Gasteiger partial charge on any atom is -0.464 e. The second kappa shape index (κ2) is 11.7. The molecule has 4 aliphatic rings. The van der Waals surface area contributed by atoms with Gasteiger partial charge in [-0.2, -0.15) is 0 Å². The van der Waals surface area contributed by atoms with Crippen molar-refractivity contribution in [3.63, 3.8) is 0 Å². The van der Waals surface area contributed by atoms with Gasteiger partial charge in [-0.1, -0.05) is 41.9 Å². The summed E-state index contributed by atoms with van der Waals surface area (Å²) in [5.74, 6) is 0.112. The molecular weight excluding hydrogens is 604 g/mol. The molecule has 1 amide bonds. The number of para-hydroxylation sites is 1. The molecule has 4 bridgehead atoms. The summed E-state index contributed by atoms with van der Waals surface area (Å²) in [7, 11) is 1.29. The van der Waals surface area contributed by atoms with Crippen LogP contribution < -0.4 is 10.7 Å². The molecule has 4 aromatic rings. The van der Waals surface area contributed by atoms with Crippen molar-refractivity contribution in [3.8, 4) is 5.69 Å². The van der Waals surface area contributed by atoms with E-state index in [0.717, 1.165) is 37.7 Å². The normalized spacial score (nSPS) is 24.5.